The summed E-state index contributed by atoms with van der Waals surface area (Å²) in [5, 5.41) is 0. The second-order valence-corrected chi connectivity index (χ2v) is 7.13. The van der Waals surface area contributed by atoms with Crippen LogP contribution in [0.4, 0.5) is 0 Å². The predicted octanol–water partition coefficient (Wildman–Crippen LogP) is 2.19. The number of rotatable bonds is 3. The van der Waals surface area contributed by atoms with Crippen LogP contribution in [0.1, 0.15) is 33.3 Å². The number of sulfonamides is 1. The lowest BCUT2D eigenvalue weighted by molar-refractivity contribution is -0.0432. The Morgan fingerprint density at radius 3 is 2.21 bits per heavy atom. The van der Waals surface area contributed by atoms with Crippen molar-refractivity contribution in [2.45, 2.75) is 51.3 Å². The third kappa shape index (κ3) is 2.84. The monoisotopic (exact) mass is 285 g/mol. The molecule has 0 aromatic heterocycles. The Labute approximate surface area is 114 Å². The molecule has 5 nitrogen and oxygen atoms in total. The molecule has 0 saturated carbocycles. The number of aryl methyl sites for hydroxylation is 1. The minimum atomic E-state index is -3.53. The summed E-state index contributed by atoms with van der Waals surface area (Å²) in [6.45, 7) is 8.86. The van der Waals surface area contributed by atoms with E-state index in [0.717, 1.165) is 0 Å². The molecular weight excluding hydrogens is 266 g/mol. The lowest BCUT2D eigenvalue weighted by Gasteiger charge is -2.16. The van der Waals surface area contributed by atoms with Gasteiger partial charge >= 0.3 is 0 Å². The summed E-state index contributed by atoms with van der Waals surface area (Å²) in [4.78, 5) is 0.223. The summed E-state index contributed by atoms with van der Waals surface area (Å²) in [6, 6.07) is 3.05. The maximum Gasteiger partial charge on any atom is 0.246 e. The molecule has 0 amide bonds. The summed E-state index contributed by atoms with van der Waals surface area (Å²) in [5.74, 6) is 0.272. The van der Waals surface area contributed by atoms with Gasteiger partial charge in [-0.1, -0.05) is 0 Å². The fourth-order valence-corrected chi connectivity index (χ4v) is 3.51. The van der Waals surface area contributed by atoms with E-state index in [4.69, 9.17) is 9.47 Å². The summed E-state index contributed by atoms with van der Waals surface area (Å²) in [7, 11) is -3.53. The first-order chi connectivity index (χ1) is 8.61. The van der Waals surface area contributed by atoms with Crippen LogP contribution in [0.25, 0.3) is 0 Å². The van der Waals surface area contributed by atoms with E-state index < -0.39 is 15.8 Å². The molecule has 0 spiro atoms. The molecule has 0 atom stereocenters. The Morgan fingerprint density at radius 2 is 1.68 bits per heavy atom. The zero-order valence-corrected chi connectivity index (χ0v) is 12.6. The van der Waals surface area contributed by atoms with E-state index in [1.54, 1.807) is 40.7 Å². The van der Waals surface area contributed by atoms with E-state index >= 15 is 0 Å². The highest BCUT2D eigenvalue weighted by Crippen LogP contribution is 2.41. The van der Waals surface area contributed by atoms with E-state index in [1.165, 1.54) is 6.07 Å². The molecule has 1 aliphatic rings. The normalized spacial score (nSPS) is 16.9. The van der Waals surface area contributed by atoms with Crippen LogP contribution >= 0.6 is 0 Å². The Morgan fingerprint density at radius 1 is 1.16 bits per heavy atom. The van der Waals surface area contributed by atoms with Crippen LogP contribution in [-0.2, 0) is 10.0 Å². The molecule has 0 radical (unpaired) electrons. The fourth-order valence-electron chi connectivity index (χ4n) is 2.02. The number of benzene rings is 1. The third-order valence-electron chi connectivity index (χ3n) is 2.63. The average molecular weight is 285 g/mol. The number of hydrogen-bond donors (Lipinski definition) is 1. The summed E-state index contributed by atoms with van der Waals surface area (Å²) < 4.78 is 38.2. The van der Waals surface area contributed by atoms with Crippen molar-refractivity contribution in [1.29, 1.82) is 0 Å². The van der Waals surface area contributed by atoms with Crippen LogP contribution in [0.5, 0.6) is 11.5 Å². The van der Waals surface area contributed by atoms with Gasteiger partial charge in [0.05, 0.1) is 4.90 Å². The molecule has 6 heteroatoms. The number of hydrogen-bond acceptors (Lipinski definition) is 4. The first-order valence-corrected chi connectivity index (χ1v) is 7.64. The quantitative estimate of drug-likeness (QED) is 0.924. The van der Waals surface area contributed by atoms with Gasteiger partial charge in [-0.2, -0.15) is 0 Å². The molecule has 1 heterocycles. The first kappa shape index (κ1) is 14.1. The highest BCUT2D eigenvalue weighted by molar-refractivity contribution is 7.89. The van der Waals surface area contributed by atoms with Crippen molar-refractivity contribution in [3.05, 3.63) is 17.7 Å². The standard InChI is InChI=1S/C13H19NO4S/c1-8(2)14-19(15,16)12-7-11-10(6-9(12)3)17-13(4,5)18-11/h6-8,14H,1-5H3. The Balaban J connectivity index is 2.46. The Bertz CT molecular complexity index is 605. The maximum atomic E-state index is 12.2. The minimum absolute atomic E-state index is 0.161. The number of fused-ring (bicyclic) bond motifs is 1. The smallest absolute Gasteiger partial charge is 0.246 e. The van der Waals surface area contributed by atoms with Crippen molar-refractivity contribution < 1.29 is 17.9 Å². The van der Waals surface area contributed by atoms with Crippen LogP contribution in [-0.4, -0.2) is 20.2 Å². The highest BCUT2D eigenvalue weighted by Gasteiger charge is 2.33. The lowest BCUT2D eigenvalue weighted by atomic mass is 10.2. The summed E-state index contributed by atoms with van der Waals surface area (Å²) in [5.41, 5.74) is 0.633. The second kappa shape index (κ2) is 4.38. The lowest BCUT2D eigenvalue weighted by Crippen LogP contribution is -2.30. The Hall–Kier alpha value is -1.27. The van der Waals surface area contributed by atoms with Gasteiger partial charge in [-0.3, -0.25) is 0 Å². The molecule has 2 rings (SSSR count). The van der Waals surface area contributed by atoms with Crippen LogP contribution in [0.2, 0.25) is 0 Å². The maximum absolute atomic E-state index is 12.2. The SMILES string of the molecule is Cc1cc2c(cc1S(=O)(=O)NC(C)C)OC(C)(C)O2. The van der Waals surface area contributed by atoms with Crippen LogP contribution in [0.3, 0.4) is 0 Å². The average Bonchev–Trinajstić information content (AvgIpc) is 2.47. The molecule has 1 aliphatic heterocycles. The molecule has 19 heavy (non-hydrogen) atoms. The highest BCUT2D eigenvalue weighted by atomic mass is 32.2. The molecule has 1 aromatic rings. The molecule has 1 N–H and O–H groups in total. The van der Waals surface area contributed by atoms with Crippen molar-refractivity contribution >= 4 is 10.0 Å². The van der Waals surface area contributed by atoms with E-state index in [0.29, 0.717) is 17.1 Å². The molecule has 106 valence electrons. The van der Waals surface area contributed by atoms with Crippen molar-refractivity contribution in [1.82, 2.24) is 4.72 Å². The Kier molecular flexibility index (Phi) is 3.26. The van der Waals surface area contributed by atoms with E-state index in [-0.39, 0.29) is 10.9 Å². The van der Waals surface area contributed by atoms with Gasteiger partial charge < -0.3 is 9.47 Å². The second-order valence-electron chi connectivity index (χ2n) is 5.44. The third-order valence-corrected chi connectivity index (χ3v) is 4.43. The molecule has 0 aliphatic carbocycles. The molecule has 0 fully saturated rings. The predicted molar refractivity (Wildman–Crippen MR) is 72.0 cm³/mol. The summed E-state index contributed by atoms with van der Waals surface area (Å²) >= 11 is 0. The number of ether oxygens (including phenoxy) is 2. The van der Waals surface area contributed by atoms with Gasteiger partial charge in [-0.05, 0) is 32.4 Å². The van der Waals surface area contributed by atoms with Crippen LogP contribution in [0.15, 0.2) is 17.0 Å². The van der Waals surface area contributed by atoms with Gasteiger partial charge in [0.2, 0.25) is 15.8 Å². The zero-order chi connectivity index (χ0) is 14.4. The minimum Gasteiger partial charge on any atom is -0.449 e. The van der Waals surface area contributed by atoms with Gasteiger partial charge in [0.25, 0.3) is 0 Å². The molecule has 0 saturated heterocycles. The zero-order valence-electron chi connectivity index (χ0n) is 11.8. The van der Waals surface area contributed by atoms with Gasteiger partial charge in [0, 0.05) is 26.0 Å². The molecule has 0 unspecified atom stereocenters. The van der Waals surface area contributed by atoms with E-state index in [9.17, 15) is 8.42 Å². The van der Waals surface area contributed by atoms with E-state index in [1.807, 2.05) is 0 Å². The van der Waals surface area contributed by atoms with Crippen molar-refractivity contribution in [2.24, 2.45) is 0 Å². The van der Waals surface area contributed by atoms with Gasteiger partial charge in [-0.15, -0.1) is 0 Å². The van der Waals surface area contributed by atoms with E-state index in [2.05, 4.69) is 4.72 Å². The molecule has 1 aromatic carbocycles. The van der Waals surface area contributed by atoms with Gasteiger partial charge in [-0.25, -0.2) is 13.1 Å². The number of nitrogens with one attached hydrogen (secondary N) is 1. The van der Waals surface area contributed by atoms with Crippen LogP contribution < -0.4 is 14.2 Å². The molecular formula is C13H19NO4S. The van der Waals surface area contributed by atoms with Gasteiger partial charge in [0.1, 0.15) is 0 Å². The molecule has 0 bridgehead atoms. The fraction of sp³-hybridized carbons (Fsp3) is 0.538. The van der Waals surface area contributed by atoms with Crippen molar-refractivity contribution in [3.63, 3.8) is 0 Å². The summed E-state index contributed by atoms with van der Waals surface area (Å²) in [6.07, 6.45) is 0. The topological polar surface area (TPSA) is 64.6 Å². The largest absolute Gasteiger partial charge is 0.449 e. The van der Waals surface area contributed by atoms with Gasteiger partial charge in [0.15, 0.2) is 11.5 Å². The van der Waals surface area contributed by atoms with Crippen molar-refractivity contribution in [2.75, 3.05) is 0 Å². The van der Waals surface area contributed by atoms with Crippen molar-refractivity contribution in [3.8, 4) is 11.5 Å². The first-order valence-electron chi connectivity index (χ1n) is 6.16. The van der Waals surface area contributed by atoms with Crippen LogP contribution in [0, 0.1) is 6.92 Å².